The van der Waals surface area contributed by atoms with Gasteiger partial charge in [0.15, 0.2) is 0 Å². The van der Waals surface area contributed by atoms with Gasteiger partial charge in [-0.2, -0.15) is 0 Å². The fourth-order valence-electron chi connectivity index (χ4n) is 2.04. The Bertz CT molecular complexity index is 525. The van der Waals surface area contributed by atoms with Crippen LogP contribution in [0.1, 0.15) is 22.7 Å². The minimum atomic E-state index is 0.0739. The Kier molecular flexibility index (Phi) is 4.37. The molecule has 0 fully saturated rings. The first-order chi connectivity index (χ1) is 8.70. The van der Waals surface area contributed by atoms with Crippen LogP contribution in [0.3, 0.4) is 0 Å². The summed E-state index contributed by atoms with van der Waals surface area (Å²) >= 11 is 6.18. The van der Waals surface area contributed by atoms with E-state index in [1.54, 1.807) is 0 Å². The van der Waals surface area contributed by atoms with Crippen molar-refractivity contribution in [3.63, 3.8) is 0 Å². The second kappa shape index (κ2) is 6.01. The topological polar surface area (TPSA) is 38.0 Å². The van der Waals surface area contributed by atoms with Crippen LogP contribution in [-0.2, 0) is 6.42 Å². The van der Waals surface area contributed by atoms with Crippen LogP contribution in [0, 0.1) is 6.92 Å². The van der Waals surface area contributed by atoms with Crippen LogP contribution in [-0.4, -0.2) is 0 Å². The molecule has 3 N–H and O–H groups in total. The fraction of sp³-hybridized carbons (Fsp3) is 0.200. The summed E-state index contributed by atoms with van der Waals surface area (Å²) < 4.78 is 0. The van der Waals surface area contributed by atoms with Gasteiger partial charge in [0.05, 0.1) is 6.04 Å². The predicted molar refractivity (Wildman–Crippen MR) is 76.4 cm³/mol. The van der Waals surface area contributed by atoms with Crippen molar-refractivity contribution in [1.82, 2.24) is 5.43 Å². The lowest BCUT2D eigenvalue weighted by Gasteiger charge is -2.17. The SMILES string of the molecule is Cc1cccc(C(Cc2ccccc2Cl)NN)c1. The zero-order valence-corrected chi connectivity index (χ0v) is 11.1. The number of halogens is 1. The molecule has 0 aromatic heterocycles. The first-order valence-corrected chi connectivity index (χ1v) is 6.34. The van der Waals surface area contributed by atoms with E-state index in [0.717, 1.165) is 17.0 Å². The first kappa shape index (κ1) is 13.1. The molecule has 0 saturated heterocycles. The molecule has 0 spiro atoms. The third-order valence-corrected chi connectivity index (χ3v) is 3.40. The summed E-state index contributed by atoms with van der Waals surface area (Å²) in [7, 11) is 0. The average molecular weight is 261 g/mol. The summed E-state index contributed by atoms with van der Waals surface area (Å²) in [4.78, 5) is 0. The summed E-state index contributed by atoms with van der Waals surface area (Å²) in [5.41, 5.74) is 6.37. The second-order valence-electron chi connectivity index (χ2n) is 4.43. The van der Waals surface area contributed by atoms with Gasteiger partial charge in [0.25, 0.3) is 0 Å². The number of rotatable bonds is 4. The highest BCUT2D eigenvalue weighted by Gasteiger charge is 2.12. The van der Waals surface area contributed by atoms with Crippen molar-refractivity contribution in [2.75, 3.05) is 0 Å². The highest BCUT2D eigenvalue weighted by atomic mass is 35.5. The van der Waals surface area contributed by atoms with Crippen LogP contribution < -0.4 is 11.3 Å². The van der Waals surface area contributed by atoms with Gasteiger partial charge in [-0.3, -0.25) is 11.3 Å². The highest BCUT2D eigenvalue weighted by molar-refractivity contribution is 6.31. The van der Waals surface area contributed by atoms with E-state index < -0.39 is 0 Å². The maximum Gasteiger partial charge on any atom is 0.0500 e. The minimum absolute atomic E-state index is 0.0739. The predicted octanol–water partition coefficient (Wildman–Crippen LogP) is 3.40. The van der Waals surface area contributed by atoms with Crippen LogP contribution in [0.15, 0.2) is 48.5 Å². The van der Waals surface area contributed by atoms with Crippen LogP contribution >= 0.6 is 11.6 Å². The van der Waals surface area contributed by atoms with E-state index in [4.69, 9.17) is 17.4 Å². The third kappa shape index (κ3) is 3.10. The van der Waals surface area contributed by atoms with Crippen molar-refractivity contribution < 1.29 is 0 Å². The lowest BCUT2D eigenvalue weighted by molar-refractivity contribution is 0.552. The molecule has 2 nitrogen and oxygen atoms in total. The fourth-order valence-corrected chi connectivity index (χ4v) is 2.26. The van der Waals surface area contributed by atoms with Gasteiger partial charge in [-0.15, -0.1) is 0 Å². The molecule has 18 heavy (non-hydrogen) atoms. The molecule has 0 radical (unpaired) electrons. The van der Waals surface area contributed by atoms with Crippen LogP contribution in [0.5, 0.6) is 0 Å². The molecule has 2 aromatic carbocycles. The first-order valence-electron chi connectivity index (χ1n) is 5.97. The normalized spacial score (nSPS) is 12.4. The number of aryl methyl sites for hydroxylation is 1. The number of nitrogens with two attached hydrogens (primary N) is 1. The molecule has 1 unspecified atom stereocenters. The average Bonchev–Trinajstić information content (AvgIpc) is 2.38. The van der Waals surface area contributed by atoms with Crippen molar-refractivity contribution in [2.45, 2.75) is 19.4 Å². The van der Waals surface area contributed by atoms with Crippen molar-refractivity contribution in [3.8, 4) is 0 Å². The van der Waals surface area contributed by atoms with E-state index in [9.17, 15) is 0 Å². The van der Waals surface area contributed by atoms with Crippen molar-refractivity contribution in [1.29, 1.82) is 0 Å². The zero-order valence-electron chi connectivity index (χ0n) is 10.4. The molecular weight excluding hydrogens is 244 g/mol. The molecule has 0 heterocycles. The molecular formula is C15H17ClN2. The maximum atomic E-state index is 6.18. The molecule has 0 aliphatic heterocycles. The van der Waals surface area contributed by atoms with E-state index in [0.29, 0.717) is 0 Å². The number of hydrogen-bond donors (Lipinski definition) is 2. The van der Waals surface area contributed by atoms with Gasteiger partial charge in [-0.1, -0.05) is 59.6 Å². The monoisotopic (exact) mass is 260 g/mol. The Hall–Kier alpha value is -1.35. The molecule has 0 aliphatic carbocycles. The van der Waals surface area contributed by atoms with Gasteiger partial charge in [-0.05, 0) is 30.5 Å². The molecule has 0 amide bonds. The van der Waals surface area contributed by atoms with E-state index in [1.807, 2.05) is 30.3 Å². The Balaban J connectivity index is 2.23. The maximum absolute atomic E-state index is 6.18. The Morgan fingerprint density at radius 2 is 1.94 bits per heavy atom. The van der Waals surface area contributed by atoms with E-state index in [1.165, 1.54) is 11.1 Å². The summed E-state index contributed by atoms with van der Waals surface area (Å²) in [5.74, 6) is 5.66. The second-order valence-corrected chi connectivity index (χ2v) is 4.84. The van der Waals surface area contributed by atoms with Crippen molar-refractivity contribution in [3.05, 3.63) is 70.2 Å². The summed E-state index contributed by atoms with van der Waals surface area (Å²) in [6, 6.07) is 16.3. The number of nitrogens with one attached hydrogen (secondary N) is 1. The lowest BCUT2D eigenvalue weighted by atomic mass is 9.98. The molecule has 0 aliphatic rings. The molecule has 1 atom stereocenters. The van der Waals surface area contributed by atoms with Gasteiger partial charge >= 0.3 is 0 Å². The summed E-state index contributed by atoms with van der Waals surface area (Å²) in [6.45, 7) is 2.08. The molecule has 2 aromatic rings. The smallest absolute Gasteiger partial charge is 0.0500 e. The highest BCUT2D eigenvalue weighted by Crippen LogP contribution is 2.23. The lowest BCUT2D eigenvalue weighted by Crippen LogP contribution is -2.29. The Morgan fingerprint density at radius 3 is 2.61 bits per heavy atom. The third-order valence-electron chi connectivity index (χ3n) is 3.03. The number of hydrazine groups is 1. The van der Waals surface area contributed by atoms with Gasteiger partial charge in [0.1, 0.15) is 0 Å². The van der Waals surface area contributed by atoms with Crippen molar-refractivity contribution in [2.24, 2.45) is 5.84 Å². The standard InChI is InChI=1S/C15H17ClN2/c1-11-5-4-7-13(9-11)15(18-17)10-12-6-2-3-8-14(12)16/h2-9,15,18H,10,17H2,1H3. The Morgan fingerprint density at radius 1 is 1.17 bits per heavy atom. The minimum Gasteiger partial charge on any atom is -0.271 e. The Labute approximate surface area is 113 Å². The molecule has 0 bridgehead atoms. The van der Waals surface area contributed by atoms with Gasteiger partial charge in [0.2, 0.25) is 0 Å². The van der Waals surface area contributed by atoms with Gasteiger partial charge in [0, 0.05) is 5.02 Å². The largest absolute Gasteiger partial charge is 0.271 e. The van der Waals surface area contributed by atoms with Gasteiger partial charge < -0.3 is 0 Å². The zero-order chi connectivity index (χ0) is 13.0. The molecule has 0 saturated carbocycles. The van der Waals surface area contributed by atoms with E-state index in [-0.39, 0.29) is 6.04 Å². The van der Waals surface area contributed by atoms with Gasteiger partial charge in [-0.25, -0.2) is 0 Å². The summed E-state index contributed by atoms with van der Waals surface area (Å²) in [6.07, 6.45) is 0.777. The van der Waals surface area contributed by atoms with E-state index >= 15 is 0 Å². The molecule has 94 valence electrons. The van der Waals surface area contributed by atoms with Crippen LogP contribution in [0.2, 0.25) is 5.02 Å². The molecule has 3 heteroatoms. The van der Waals surface area contributed by atoms with Crippen LogP contribution in [0.4, 0.5) is 0 Å². The number of benzene rings is 2. The summed E-state index contributed by atoms with van der Waals surface area (Å²) in [5, 5.41) is 0.783. The number of hydrogen-bond acceptors (Lipinski definition) is 2. The van der Waals surface area contributed by atoms with E-state index in [2.05, 4.69) is 30.5 Å². The molecule has 2 rings (SSSR count). The quantitative estimate of drug-likeness (QED) is 0.653. The van der Waals surface area contributed by atoms with Crippen LogP contribution in [0.25, 0.3) is 0 Å². The van der Waals surface area contributed by atoms with Crippen molar-refractivity contribution >= 4 is 11.6 Å².